The van der Waals surface area contributed by atoms with Crippen molar-refractivity contribution in [1.29, 1.82) is 0 Å². The molecule has 0 amide bonds. The Morgan fingerprint density at radius 2 is 1.88 bits per heavy atom. The van der Waals surface area contributed by atoms with E-state index in [4.69, 9.17) is 11.6 Å². The molecule has 0 N–H and O–H groups in total. The zero-order valence-corrected chi connectivity index (χ0v) is 15.1. The zero-order valence-electron chi connectivity index (χ0n) is 8.81. The number of thiophene rings is 1. The monoisotopic (exact) mass is 456 g/mol. The lowest BCUT2D eigenvalue weighted by Crippen LogP contribution is -1.92. The highest BCUT2D eigenvalue weighted by Gasteiger charge is 2.16. The summed E-state index contributed by atoms with van der Waals surface area (Å²) in [6.45, 7) is 2.12. The highest BCUT2D eigenvalue weighted by atomic mass is 79.9. The number of aryl methyl sites for hydroxylation is 1. The largest absolute Gasteiger partial charge is 0.133 e. The number of rotatable bonds is 2. The van der Waals surface area contributed by atoms with Crippen molar-refractivity contribution in [3.63, 3.8) is 0 Å². The molecule has 1 unspecified atom stereocenters. The lowest BCUT2D eigenvalue weighted by atomic mass is 10.1. The van der Waals surface area contributed by atoms with Crippen molar-refractivity contribution in [1.82, 2.24) is 0 Å². The van der Waals surface area contributed by atoms with Gasteiger partial charge in [-0.2, -0.15) is 0 Å². The molecular weight excluding hydrogens is 451 g/mol. The third kappa shape index (κ3) is 3.35. The van der Waals surface area contributed by atoms with Crippen LogP contribution in [-0.2, 0) is 0 Å². The fourth-order valence-electron chi connectivity index (χ4n) is 1.61. The molecule has 2 rings (SSSR count). The molecule has 2 aromatic rings. The molecule has 1 atom stereocenters. The number of halogens is 4. The van der Waals surface area contributed by atoms with E-state index < -0.39 is 0 Å². The summed E-state index contributed by atoms with van der Waals surface area (Å²) < 4.78 is 2.15. The molecule has 17 heavy (non-hydrogen) atoms. The van der Waals surface area contributed by atoms with Gasteiger partial charge in [0.15, 0.2) is 0 Å². The van der Waals surface area contributed by atoms with Gasteiger partial charge in [0.05, 0.1) is 8.61 Å². The average Bonchev–Trinajstić information content (AvgIpc) is 2.55. The quantitative estimate of drug-likeness (QED) is 0.438. The molecule has 0 radical (unpaired) electrons. The summed E-state index contributed by atoms with van der Waals surface area (Å²) in [5.41, 5.74) is 2.42. The third-order valence-corrected chi connectivity index (χ3v) is 5.64. The van der Waals surface area contributed by atoms with Crippen LogP contribution in [0.3, 0.4) is 0 Å². The van der Waals surface area contributed by atoms with E-state index in [1.807, 2.05) is 12.1 Å². The van der Waals surface area contributed by atoms with Gasteiger partial charge in [0, 0.05) is 14.4 Å². The summed E-state index contributed by atoms with van der Waals surface area (Å²) >= 11 is 18.5. The lowest BCUT2D eigenvalue weighted by Gasteiger charge is -2.11. The van der Waals surface area contributed by atoms with E-state index in [0.29, 0.717) is 0 Å². The van der Waals surface area contributed by atoms with Crippen LogP contribution in [0.5, 0.6) is 0 Å². The minimum Gasteiger partial charge on any atom is -0.133 e. The second-order valence-corrected chi connectivity index (χ2v) is 8.53. The highest BCUT2D eigenvalue weighted by molar-refractivity contribution is 9.11. The first-order valence-electron chi connectivity index (χ1n) is 4.83. The third-order valence-electron chi connectivity index (χ3n) is 2.38. The first-order chi connectivity index (χ1) is 7.97. The van der Waals surface area contributed by atoms with E-state index in [2.05, 4.69) is 66.8 Å². The van der Waals surface area contributed by atoms with E-state index >= 15 is 0 Å². The Morgan fingerprint density at radius 1 is 1.18 bits per heavy atom. The van der Waals surface area contributed by atoms with Gasteiger partial charge in [-0.3, -0.25) is 0 Å². The lowest BCUT2D eigenvalue weighted by molar-refractivity contribution is 1.17. The van der Waals surface area contributed by atoms with Crippen molar-refractivity contribution in [3.8, 4) is 0 Å². The van der Waals surface area contributed by atoms with Gasteiger partial charge in [0.1, 0.15) is 0 Å². The minimum absolute atomic E-state index is 0.167. The highest BCUT2D eigenvalue weighted by Crippen LogP contribution is 2.39. The minimum atomic E-state index is 0.167. The van der Waals surface area contributed by atoms with Crippen molar-refractivity contribution in [3.05, 3.63) is 53.6 Å². The fraction of sp³-hybridized carbons (Fsp3) is 0.167. The van der Waals surface area contributed by atoms with Gasteiger partial charge in [-0.25, -0.2) is 0 Å². The van der Waals surface area contributed by atoms with Crippen molar-refractivity contribution >= 4 is 70.7 Å². The number of benzene rings is 1. The Hall–Kier alpha value is 0.650. The Bertz CT molecular complexity index is 530. The SMILES string of the molecule is Cc1sc(Br)cc1C(Br)c1cc(Cl)cc(Br)c1. The summed E-state index contributed by atoms with van der Waals surface area (Å²) in [5.74, 6) is 0. The van der Waals surface area contributed by atoms with E-state index in [9.17, 15) is 0 Å². The Balaban J connectivity index is 2.43. The second-order valence-electron chi connectivity index (χ2n) is 3.63. The first-order valence-corrected chi connectivity index (χ1v) is 8.53. The molecule has 0 aliphatic carbocycles. The topological polar surface area (TPSA) is 0 Å². The van der Waals surface area contributed by atoms with Crippen molar-refractivity contribution in [2.45, 2.75) is 11.8 Å². The molecule has 90 valence electrons. The van der Waals surface area contributed by atoms with Crippen LogP contribution in [0.4, 0.5) is 0 Å². The standard InChI is InChI=1S/C12H8Br3ClS/c1-6-10(5-11(14)17-6)12(15)7-2-8(13)4-9(16)3-7/h2-5,12H,1H3. The average molecular weight is 459 g/mol. The van der Waals surface area contributed by atoms with Gasteiger partial charge in [-0.05, 0) is 58.2 Å². The predicted molar refractivity (Wildman–Crippen MR) is 86.7 cm³/mol. The maximum Gasteiger partial charge on any atom is 0.0704 e. The first kappa shape index (κ1) is 14.1. The molecule has 0 spiro atoms. The molecule has 0 saturated heterocycles. The van der Waals surface area contributed by atoms with Crippen LogP contribution < -0.4 is 0 Å². The van der Waals surface area contributed by atoms with E-state index in [1.54, 1.807) is 11.3 Å². The summed E-state index contributed by atoms with van der Waals surface area (Å²) in [6, 6.07) is 8.10. The Morgan fingerprint density at radius 3 is 2.41 bits per heavy atom. The molecule has 0 fully saturated rings. The van der Waals surface area contributed by atoms with Crippen LogP contribution in [0.15, 0.2) is 32.5 Å². The van der Waals surface area contributed by atoms with Crippen molar-refractivity contribution in [2.75, 3.05) is 0 Å². The van der Waals surface area contributed by atoms with Crippen LogP contribution in [0.25, 0.3) is 0 Å². The predicted octanol–water partition coefficient (Wildman–Crippen LogP) is 6.72. The summed E-state index contributed by atoms with van der Waals surface area (Å²) in [4.78, 5) is 1.47. The number of hydrogen-bond acceptors (Lipinski definition) is 1. The molecule has 1 aromatic carbocycles. The van der Waals surface area contributed by atoms with Gasteiger partial charge in [-0.1, -0.05) is 43.5 Å². The second kappa shape index (κ2) is 5.74. The van der Waals surface area contributed by atoms with Crippen molar-refractivity contribution in [2.24, 2.45) is 0 Å². The molecule has 0 saturated carbocycles. The Labute approximate surface area is 135 Å². The normalized spacial score (nSPS) is 12.8. The van der Waals surface area contributed by atoms with Crippen LogP contribution in [0, 0.1) is 6.92 Å². The van der Waals surface area contributed by atoms with Crippen LogP contribution in [0.1, 0.15) is 20.8 Å². The molecular formula is C12H8Br3ClS. The maximum absolute atomic E-state index is 6.07. The fourth-order valence-corrected chi connectivity index (χ4v) is 5.14. The Kier molecular flexibility index (Phi) is 4.75. The molecule has 0 aliphatic rings. The summed E-state index contributed by atoms with van der Waals surface area (Å²) in [5, 5.41) is 0.741. The van der Waals surface area contributed by atoms with Crippen LogP contribution in [0.2, 0.25) is 5.02 Å². The van der Waals surface area contributed by atoms with Gasteiger partial charge in [0.25, 0.3) is 0 Å². The molecule has 0 nitrogen and oxygen atoms in total. The van der Waals surface area contributed by atoms with Crippen LogP contribution in [-0.4, -0.2) is 0 Å². The van der Waals surface area contributed by atoms with Gasteiger partial charge >= 0.3 is 0 Å². The number of hydrogen-bond donors (Lipinski definition) is 0. The maximum atomic E-state index is 6.07. The molecule has 5 heteroatoms. The number of alkyl halides is 1. The smallest absolute Gasteiger partial charge is 0.0704 e. The van der Waals surface area contributed by atoms with Gasteiger partial charge in [0.2, 0.25) is 0 Å². The zero-order chi connectivity index (χ0) is 12.6. The molecule has 0 aliphatic heterocycles. The van der Waals surface area contributed by atoms with E-state index in [1.165, 1.54) is 10.4 Å². The van der Waals surface area contributed by atoms with Gasteiger partial charge in [-0.15, -0.1) is 11.3 Å². The summed E-state index contributed by atoms with van der Waals surface area (Å²) in [6.07, 6.45) is 0. The van der Waals surface area contributed by atoms with E-state index in [-0.39, 0.29) is 4.83 Å². The molecule has 0 bridgehead atoms. The molecule has 1 aromatic heterocycles. The summed E-state index contributed by atoms with van der Waals surface area (Å²) in [7, 11) is 0. The van der Waals surface area contributed by atoms with Crippen LogP contribution >= 0.6 is 70.7 Å². The van der Waals surface area contributed by atoms with Crippen molar-refractivity contribution < 1.29 is 0 Å². The van der Waals surface area contributed by atoms with E-state index in [0.717, 1.165) is 18.8 Å². The molecule has 1 heterocycles. The van der Waals surface area contributed by atoms with Gasteiger partial charge < -0.3 is 0 Å².